The van der Waals surface area contributed by atoms with Crippen molar-refractivity contribution in [1.82, 2.24) is 24.6 Å². The van der Waals surface area contributed by atoms with E-state index in [4.69, 9.17) is 14.5 Å². The van der Waals surface area contributed by atoms with E-state index in [1.807, 2.05) is 12.1 Å². The lowest BCUT2D eigenvalue weighted by Gasteiger charge is -2.24. The molecule has 9 nitrogen and oxygen atoms in total. The third-order valence-corrected chi connectivity index (χ3v) is 7.39. The smallest absolute Gasteiger partial charge is 0.275 e. The maximum Gasteiger partial charge on any atom is 0.275 e. The van der Waals surface area contributed by atoms with Crippen LogP contribution < -0.4 is 15.9 Å². The molecule has 2 N–H and O–H groups in total. The van der Waals surface area contributed by atoms with Gasteiger partial charge < -0.3 is 14.5 Å². The monoisotopic (exact) mass is 489 g/mol. The Hall–Kier alpha value is -3.43. The molecule has 4 bridgehead atoms. The second-order valence-electron chi connectivity index (χ2n) is 9.83. The molecule has 0 spiro atoms. The fourth-order valence-corrected chi connectivity index (χ4v) is 5.59. The van der Waals surface area contributed by atoms with Gasteiger partial charge in [0, 0.05) is 31.8 Å². The molecule has 4 heterocycles. The summed E-state index contributed by atoms with van der Waals surface area (Å²) in [6.07, 6.45) is 4.95. The number of H-pyrrole nitrogens is 2. The van der Waals surface area contributed by atoms with Crippen LogP contribution in [-0.2, 0) is 17.8 Å². The number of likely N-dealkylation sites (tertiary alicyclic amines) is 1. The molecular formula is C27H31N5O4. The van der Waals surface area contributed by atoms with Gasteiger partial charge in [0.25, 0.3) is 11.1 Å². The summed E-state index contributed by atoms with van der Waals surface area (Å²) in [5, 5.41) is 3.79. The van der Waals surface area contributed by atoms with Gasteiger partial charge in [-0.1, -0.05) is 12.1 Å². The Morgan fingerprint density at radius 2 is 2.06 bits per heavy atom. The van der Waals surface area contributed by atoms with Gasteiger partial charge in [0.2, 0.25) is 0 Å². The number of hydrogen-bond acceptors (Lipinski definition) is 6. The van der Waals surface area contributed by atoms with E-state index in [0.29, 0.717) is 59.0 Å². The van der Waals surface area contributed by atoms with Gasteiger partial charge in [0.15, 0.2) is 0 Å². The summed E-state index contributed by atoms with van der Waals surface area (Å²) in [5.41, 5.74) is 3.51. The molecule has 0 unspecified atom stereocenters. The number of ether oxygens (including phenoxy) is 2. The third-order valence-electron chi connectivity index (χ3n) is 7.39. The lowest BCUT2D eigenvalue weighted by Crippen LogP contribution is -2.32. The van der Waals surface area contributed by atoms with Crippen molar-refractivity contribution in [2.75, 3.05) is 26.9 Å². The summed E-state index contributed by atoms with van der Waals surface area (Å²) >= 11 is 0. The topological polar surface area (TPSA) is 105 Å². The zero-order valence-corrected chi connectivity index (χ0v) is 20.5. The van der Waals surface area contributed by atoms with E-state index in [-0.39, 0.29) is 16.8 Å². The second-order valence-corrected chi connectivity index (χ2v) is 9.83. The first-order valence-electron chi connectivity index (χ1n) is 12.8. The molecule has 1 fully saturated rings. The van der Waals surface area contributed by atoms with E-state index in [1.165, 1.54) is 0 Å². The van der Waals surface area contributed by atoms with E-state index in [9.17, 15) is 9.59 Å². The van der Waals surface area contributed by atoms with Crippen LogP contribution in [0.1, 0.15) is 37.7 Å². The van der Waals surface area contributed by atoms with Gasteiger partial charge in [-0.3, -0.25) is 24.3 Å². The summed E-state index contributed by atoms with van der Waals surface area (Å²) < 4.78 is 13.3. The third kappa shape index (κ3) is 4.12. The Labute approximate surface area is 208 Å². The molecular weight excluding hydrogens is 458 g/mol. The number of aromatic amines is 2. The van der Waals surface area contributed by atoms with Gasteiger partial charge in [-0.05, 0) is 62.4 Å². The summed E-state index contributed by atoms with van der Waals surface area (Å²) in [4.78, 5) is 36.5. The van der Waals surface area contributed by atoms with Crippen LogP contribution in [0.25, 0.3) is 33.2 Å². The maximum atomic E-state index is 13.3. The molecule has 0 aliphatic carbocycles. The standard InChI is InChI=1S/C27H31N5O4/c1-35-16-18-7-6-10-31(18)15-17-13-21-25-22(14-17)36-12-4-2-3-11-32-27(34)20-9-5-8-19(23(20)30-32)24(29-25)26(33)28-21/h5,8-9,13-14,18,30H,2-4,6-7,10-12,15-16H2,1H3,(H,28,33)/t18-/m0/s1. The molecule has 188 valence electrons. The molecule has 6 rings (SSSR count). The normalized spacial score (nSPS) is 18.8. The number of benzene rings is 2. The molecule has 2 aromatic carbocycles. The fraction of sp³-hybridized carbons (Fsp3) is 0.444. The fourth-order valence-electron chi connectivity index (χ4n) is 5.59. The van der Waals surface area contributed by atoms with Gasteiger partial charge in [-0.15, -0.1) is 0 Å². The van der Waals surface area contributed by atoms with Crippen LogP contribution in [0, 0.1) is 0 Å². The van der Waals surface area contributed by atoms with Gasteiger partial charge in [-0.25, -0.2) is 4.98 Å². The van der Waals surface area contributed by atoms with Crippen molar-refractivity contribution in [1.29, 1.82) is 0 Å². The van der Waals surface area contributed by atoms with Gasteiger partial charge in [-0.2, -0.15) is 0 Å². The molecule has 0 amide bonds. The van der Waals surface area contributed by atoms with Crippen molar-refractivity contribution in [2.45, 2.75) is 51.2 Å². The molecule has 0 radical (unpaired) electrons. The molecule has 0 saturated carbocycles. The second kappa shape index (κ2) is 9.55. The Bertz CT molecular complexity index is 1540. The summed E-state index contributed by atoms with van der Waals surface area (Å²) in [5.74, 6) is 0.679. The molecule has 1 saturated heterocycles. The van der Waals surface area contributed by atoms with Gasteiger partial charge in [0.1, 0.15) is 17.0 Å². The highest BCUT2D eigenvalue weighted by Crippen LogP contribution is 2.30. The average molecular weight is 490 g/mol. The van der Waals surface area contributed by atoms with Crippen molar-refractivity contribution in [3.63, 3.8) is 0 Å². The number of hydrogen-bond donors (Lipinski definition) is 2. The number of para-hydroxylation sites is 1. The van der Waals surface area contributed by atoms with Crippen LogP contribution in [0.3, 0.4) is 0 Å². The molecule has 9 heteroatoms. The Balaban J connectivity index is 1.49. The zero-order valence-electron chi connectivity index (χ0n) is 20.5. The number of nitrogens with one attached hydrogen (secondary N) is 2. The minimum atomic E-state index is -0.294. The van der Waals surface area contributed by atoms with Crippen LogP contribution in [0.2, 0.25) is 0 Å². The van der Waals surface area contributed by atoms with Crippen molar-refractivity contribution in [3.05, 3.63) is 56.6 Å². The highest BCUT2D eigenvalue weighted by Gasteiger charge is 2.25. The SMILES string of the molecule is COC[C@@H]1CCCN1Cc1cc2c3nc(c(=O)[nH]c3c1)-c1cccc3c(=O)n([nH]c13)CCCCCO2. The molecule has 4 aromatic rings. The van der Waals surface area contributed by atoms with E-state index >= 15 is 0 Å². The summed E-state index contributed by atoms with van der Waals surface area (Å²) in [6.45, 7) is 3.64. The van der Waals surface area contributed by atoms with E-state index in [1.54, 1.807) is 23.9 Å². The van der Waals surface area contributed by atoms with Crippen molar-refractivity contribution in [2.24, 2.45) is 0 Å². The van der Waals surface area contributed by atoms with Crippen LogP contribution in [0.15, 0.2) is 39.9 Å². The minimum absolute atomic E-state index is 0.0748. The number of methoxy groups -OCH3 is 1. The van der Waals surface area contributed by atoms with Crippen molar-refractivity contribution in [3.8, 4) is 17.0 Å². The van der Waals surface area contributed by atoms with Crippen molar-refractivity contribution >= 4 is 21.9 Å². The van der Waals surface area contributed by atoms with Crippen LogP contribution in [-0.4, -0.2) is 57.6 Å². The van der Waals surface area contributed by atoms with Gasteiger partial charge in [0.05, 0.1) is 29.6 Å². The number of fused-ring (bicyclic) bond motifs is 3. The molecule has 36 heavy (non-hydrogen) atoms. The van der Waals surface area contributed by atoms with Crippen molar-refractivity contribution < 1.29 is 9.47 Å². The number of aryl methyl sites for hydroxylation is 1. The minimum Gasteiger partial charge on any atom is -0.491 e. The number of nitrogens with zero attached hydrogens (tertiary/aromatic N) is 3. The quantitative estimate of drug-likeness (QED) is 0.455. The Morgan fingerprint density at radius 1 is 1.14 bits per heavy atom. The van der Waals surface area contributed by atoms with E-state index in [0.717, 1.165) is 50.8 Å². The van der Waals surface area contributed by atoms with Crippen LogP contribution in [0.4, 0.5) is 0 Å². The first kappa shape index (κ1) is 23.0. The van der Waals surface area contributed by atoms with Crippen LogP contribution >= 0.6 is 0 Å². The van der Waals surface area contributed by atoms with Crippen LogP contribution in [0.5, 0.6) is 5.75 Å². The predicted octanol–water partition coefficient (Wildman–Crippen LogP) is 3.41. The largest absolute Gasteiger partial charge is 0.491 e. The Kier molecular flexibility index (Phi) is 6.10. The lowest BCUT2D eigenvalue weighted by atomic mass is 10.1. The number of rotatable bonds is 4. The highest BCUT2D eigenvalue weighted by molar-refractivity contribution is 5.93. The Morgan fingerprint density at radius 3 is 2.94 bits per heavy atom. The first-order chi connectivity index (χ1) is 17.6. The predicted molar refractivity (Wildman–Crippen MR) is 139 cm³/mol. The number of aromatic nitrogens is 4. The van der Waals surface area contributed by atoms with E-state index in [2.05, 4.69) is 21.0 Å². The summed E-state index contributed by atoms with van der Waals surface area (Å²) in [6, 6.07) is 9.88. The molecule has 2 aliphatic heterocycles. The molecule has 2 aromatic heterocycles. The summed E-state index contributed by atoms with van der Waals surface area (Å²) in [7, 11) is 1.75. The lowest BCUT2D eigenvalue weighted by molar-refractivity contribution is 0.112. The first-order valence-corrected chi connectivity index (χ1v) is 12.8. The average Bonchev–Trinajstić information content (AvgIpc) is 3.44. The van der Waals surface area contributed by atoms with E-state index < -0.39 is 0 Å². The maximum absolute atomic E-state index is 13.3. The molecule has 1 atom stereocenters. The molecule has 2 aliphatic rings. The zero-order chi connectivity index (χ0) is 24.6. The van der Waals surface area contributed by atoms with Gasteiger partial charge >= 0.3 is 0 Å². The highest BCUT2D eigenvalue weighted by atomic mass is 16.5.